The third kappa shape index (κ3) is 3.50. The molecule has 0 N–H and O–H groups in total. The minimum absolute atomic E-state index is 0.497. The molecule has 0 saturated heterocycles. The van der Waals surface area contributed by atoms with Crippen LogP contribution in [0, 0.1) is 0 Å². The van der Waals surface area contributed by atoms with Crippen molar-refractivity contribution in [2.45, 2.75) is 12.8 Å². The molecule has 0 amide bonds. The van der Waals surface area contributed by atoms with E-state index in [-0.39, 0.29) is 0 Å². The first-order valence-electron chi connectivity index (χ1n) is 3.49. The Morgan fingerprint density at radius 3 is 2.33 bits per heavy atom. The summed E-state index contributed by atoms with van der Waals surface area (Å²) in [6.45, 7) is 0. The van der Waals surface area contributed by atoms with Crippen molar-refractivity contribution in [1.29, 1.82) is 0 Å². The quantitative estimate of drug-likeness (QED) is 0.746. The van der Waals surface area contributed by atoms with E-state index in [9.17, 15) is 22.0 Å². The number of nitrogens with zero attached hydrogens (tertiary/aromatic N) is 1. The average molecular weight is 248 g/mol. The molecule has 2 nitrogen and oxygen atoms in total. The molecule has 84 valence electrons. The highest BCUT2D eigenvalue weighted by atomic mass is 35.5. The Bertz CT molecular complexity index is 354. The molecule has 0 spiro atoms. The molecule has 0 aromatic carbocycles. The van der Waals surface area contributed by atoms with Crippen molar-refractivity contribution in [2.24, 2.45) is 0 Å². The van der Waals surface area contributed by atoms with Gasteiger partial charge in [0.2, 0.25) is 0 Å². The molecule has 0 unspecified atom stereocenters. The lowest BCUT2D eigenvalue weighted by Crippen LogP contribution is -2.17. The molecule has 0 aliphatic heterocycles. The van der Waals surface area contributed by atoms with Gasteiger partial charge in [-0.3, -0.25) is 4.98 Å². The molecular formula is C7H3ClF5NO. The Kier molecular flexibility index (Phi) is 3.33. The summed E-state index contributed by atoms with van der Waals surface area (Å²) < 4.78 is 62.7. The maximum absolute atomic E-state index is 12.0. The van der Waals surface area contributed by atoms with Gasteiger partial charge in [-0.1, -0.05) is 11.6 Å². The maximum atomic E-state index is 12.0. The number of hydrogen-bond donors (Lipinski definition) is 0. The number of alkyl halides is 5. The fourth-order valence-corrected chi connectivity index (χ4v) is 0.951. The predicted octanol–water partition coefficient (Wildman–Crippen LogP) is 3.57. The molecule has 0 saturated carbocycles. The van der Waals surface area contributed by atoms with Crippen molar-refractivity contribution in [3.63, 3.8) is 0 Å². The van der Waals surface area contributed by atoms with Crippen molar-refractivity contribution in [3.05, 3.63) is 23.0 Å². The highest BCUT2D eigenvalue weighted by Gasteiger charge is 2.32. The molecule has 8 heteroatoms. The van der Waals surface area contributed by atoms with Crippen molar-refractivity contribution < 1.29 is 26.7 Å². The van der Waals surface area contributed by atoms with Crippen LogP contribution in [0.3, 0.4) is 0 Å². The van der Waals surface area contributed by atoms with Crippen LogP contribution in [0.5, 0.6) is 5.75 Å². The van der Waals surface area contributed by atoms with Gasteiger partial charge in [0.15, 0.2) is 5.75 Å². The Morgan fingerprint density at radius 2 is 1.93 bits per heavy atom. The summed E-state index contributed by atoms with van der Waals surface area (Å²) >= 11 is 5.28. The SMILES string of the molecule is FC(F)c1cc(Cl)c(OC(F)(F)F)cn1. The second-order valence-electron chi connectivity index (χ2n) is 2.39. The minimum atomic E-state index is -4.93. The highest BCUT2D eigenvalue weighted by Crippen LogP contribution is 2.31. The molecule has 1 rings (SSSR count). The van der Waals surface area contributed by atoms with Crippen LogP contribution < -0.4 is 4.74 Å². The fourth-order valence-electron chi connectivity index (χ4n) is 0.752. The van der Waals surface area contributed by atoms with E-state index in [0.717, 1.165) is 0 Å². The van der Waals surface area contributed by atoms with Crippen LogP contribution in [0.25, 0.3) is 0 Å². The van der Waals surface area contributed by atoms with Gasteiger partial charge in [-0.05, 0) is 6.07 Å². The van der Waals surface area contributed by atoms with Crippen LogP contribution in [0.15, 0.2) is 12.3 Å². The molecule has 0 fully saturated rings. The number of hydrogen-bond acceptors (Lipinski definition) is 2. The zero-order chi connectivity index (χ0) is 11.6. The van der Waals surface area contributed by atoms with Gasteiger partial charge in [0.25, 0.3) is 6.43 Å². The Labute approximate surface area is 85.6 Å². The monoisotopic (exact) mass is 247 g/mol. The van der Waals surface area contributed by atoms with E-state index in [4.69, 9.17) is 11.6 Å². The maximum Gasteiger partial charge on any atom is 0.573 e. The number of aromatic nitrogens is 1. The molecule has 0 aliphatic carbocycles. The third-order valence-electron chi connectivity index (χ3n) is 1.29. The summed E-state index contributed by atoms with van der Waals surface area (Å²) in [4.78, 5) is 3.06. The fraction of sp³-hybridized carbons (Fsp3) is 0.286. The van der Waals surface area contributed by atoms with Gasteiger partial charge < -0.3 is 4.74 Å². The van der Waals surface area contributed by atoms with Crippen molar-refractivity contribution in [2.75, 3.05) is 0 Å². The lowest BCUT2D eigenvalue weighted by molar-refractivity contribution is -0.274. The van der Waals surface area contributed by atoms with E-state index in [1.54, 1.807) is 0 Å². The van der Waals surface area contributed by atoms with Crippen LogP contribution in [0.4, 0.5) is 22.0 Å². The molecule has 1 aromatic heterocycles. The van der Waals surface area contributed by atoms with Crippen LogP contribution in [0.2, 0.25) is 5.02 Å². The first-order valence-corrected chi connectivity index (χ1v) is 3.87. The largest absolute Gasteiger partial charge is 0.573 e. The predicted molar refractivity (Wildman–Crippen MR) is 40.9 cm³/mol. The summed E-state index contributed by atoms with van der Waals surface area (Å²) in [5.74, 6) is -0.812. The molecular weight excluding hydrogens is 245 g/mol. The van der Waals surface area contributed by atoms with E-state index >= 15 is 0 Å². The van der Waals surface area contributed by atoms with E-state index < -0.39 is 29.3 Å². The van der Waals surface area contributed by atoms with Crippen molar-refractivity contribution in [3.8, 4) is 5.75 Å². The van der Waals surface area contributed by atoms with Gasteiger partial charge in [0, 0.05) is 0 Å². The summed E-state index contributed by atoms with van der Waals surface area (Å²) in [6.07, 6.45) is -7.34. The van der Waals surface area contributed by atoms with Crippen LogP contribution in [0.1, 0.15) is 12.1 Å². The second-order valence-corrected chi connectivity index (χ2v) is 2.80. The number of rotatable bonds is 2. The molecule has 0 bridgehead atoms. The van der Waals surface area contributed by atoms with Crippen LogP contribution in [-0.2, 0) is 0 Å². The van der Waals surface area contributed by atoms with Crippen LogP contribution >= 0.6 is 11.6 Å². The number of pyridine rings is 1. The van der Waals surface area contributed by atoms with Crippen molar-refractivity contribution in [1.82, 2.24) is 4.98 Å². The van der Waals surface area contributed by atoms with Gasteiger partial charge in [0.1, 0.15) is 5.69 Å². The molecule has 1 aromatic rings. The molecule has 0 radical (unpaired) electrons. The first kappa shape index (κ1) is 12.0. The van der Waals surface area contributed by atoms with Gasteiger partial charge in [-0.25, -0.2) is 8.78 Å². The van der Waals surface area contributed by atoms with Crippen molar-refractivity contribution >= 4 is 11.6 Å². The molecule has 0 atom stereocenters. The van der Waals surface area contributed by atoms with E-state index in [2.05, 4.69) is 9.72 Å². The van der Waals surface area contributed by atoms with Gasteiger partial charge in [0.05, 0.1) is 11.2 Å². The Hall–Kier alpha value is -1.11. The number of halogens is 6. The number of ether oxygens (including phenoxy) is 1. The van der Waals surface area contributed by atoms with Crippen LogP contribution in [-0.4, -0.2) is 11.3 Å². The Balaban J connectivity index is 2.94. The second kappa shape index (κ2) is 4.18. The topological polar surface area (TPSA) is 22.1 Å². The average Bonchev–Trinajstić information content (AvgIpc) is 2.05. The first-order chi connectivity index (χ1) is 6.79. The van der Waals surface area contributed by atoms with E-state index in [1.165, 1.54) is 0 Å². The van der Waals surface area contributed by atoms with E-state index in [1.807, 2.05) is 0 Å². The van der Waals surface area contributed by atoms with Gasteiger partial charge in [-0.2, -0.15) is 0 Å². The van der Waals surface area contributed by atoms with Gasteiger partial charge in [-0.15, -0.1) is 13.2 Å². The summed E-state index contributed by atoms with van der Waals surface area (Å²) in [6, 6.07) is 0.618. The Morgan fingerprint density at radius 1 is 1.33 bits per heavy atom. The minimum Gasteiger partial charge on any atom is -0.403 e. The summed E-state index contributed by atoms with van der Waals surface area (Å²) in [7, 11) is 0. The molecule has 0 aliphatic rings. The molecule has 15 heavy (non-hydrogen) atoms. The highest BCUT2D eigenvalue weighted by molar-refractivity contribution is 6.32. The van der Waals surface area contributed by atoms with E-state index in [0.29, 0.717) is 12.3 Å². The normalized spacial score (nSPS) is 11.9. The lowest BCUT2D eigenvalue weighted by atomic mass is 10.3. The third-order valence-corrected chi connectivity index (χ3v) is 1.59. The standard InChI is InChI=1S/C7H3ClF5NO/c8-3-1-4(6(9)10)14-2-5(3)15-7(11,12)13/h1-2,6H. The molecule has 1 heterocycles. The lowest BCUT2D eigenvalue weighted by Gasteiger charge is -2.10. The summed E-state index contributed by atoms with van der Waals surface area (Å²) in [5, 5.41) is -0.572. The zero-order valence-electron chi connectivity index (χ0n) is 6.86. The van der Waals surface area contributed by atoms with Gasteiger partial charge >= 0.3 is 6.36 Å². The summed E-state index contributed by atoms with van der Waals surface area (Å²) in [5.41, 5.74) is -0.713. The smallest absolute Gasteiger partial charge is 0.403 e. The zero-order valence-corrected chi connectivity index (χ0v) is 7.61.